The maximum Gasteiger partial charge on any atom is 0.110 e. The quantitative estimate of drug-likeness (QED) is 0.732. The predicted octanol–water partition coefficient (Wildman–Crippen LogP) is 2.83. The summed E-state index contributed by atoms with van der Waals surface area (Å²) in [5.41, 5.74) is -0.277. The average Bonchev–Trinajstić information content (AvgIpc) is 3.32. The molecule has 4 nitrogen and oxygen atoms in total. The Hall–Kier alpha value is -0.160. The molecule has 4 rings (SSSR count). The Morgan fingerprint density at radius 1 is 0.905 bits per heavy atom. The van der Waals surface area contributed by atoms with Crippen molar-refractivity contribution in [3.8, 4) is 0 Å². The van der Waals surface area contributed by atoms with E-state index < -0.39 is 0 Å². The molecule has 0 radical (unpaired) electrons. The van der Waals surface area contributed by atoms with Gasteiger partial charge in [-0.15, -0.1) is 0 Å². The van der Waals surface area contributed by atoms with Crippen LogP contribution in [0.5, 0.6) is 0 Å². The van der Waals surface area contributed by atoms with E-state index in [2.05, 4.69) is 20.8 Å². The summed E-state index contributed by atoms with van der Waals surface area (Å²) in [7, 11) is 0. The van der Waals surface area contributed by atoms with E-state index in [0.717, 1.165) is 12.8 Å². The monoisotopic (exact) mass is 296 g/mol. The summed E-state index contributed by atoms with van der Waals surface area (Å²) in [4.78, 5) is 0. The third-order valence-corrected chi connectivity index (χ3v) is 5.74. The fourth-order valence-corrected chi connectivity index (χ4v) is 3.98. The van der Waals surface area contributed by atoms with Gasteiger partial charge in [0.2, 0.25) is 0 Å². The minimum absolute atomic E-state index is 0.0737. The Balaban J connectivity index is 1.32. The molecule has 0 amide bonds. The topological polar surface area (TPSA) is 43.5 Å². The molecule has 2 saturated heterocycles. The summed E-state index contributed by atoms with van der Waals surface area (Å²) < 4.78 is 24.1. The fourth-order valence-electron chi connectivity index (χ4n) is 3.98. The zero-order chi connectivity index (χ0) is 14.6. The van der Waals surface area contributed by atoms with Crippen LogP contribution >= 0.6 is 0 Å². The smallest absolute Gasteiger partial charge is 0.110 e. The second-order valence-electron chi connectivity index (χ2n) is 7.72. The van der Waals surface area contributed by atoms with E-state index in [1.165, 1.54) is 25.7 Å². The van der Waals surface area contributed by atoms with Gasteiger partial charge >= 0.3 is 0 Å². The van der Waals surface area contributed by atoms with Crippen molar-refractivity contribution in [1.82, 2.24) is 0 Å². The van der Waals surface area contributed by atoms with Crippen LogP contribution in [0.2, 0.25) is 0 Å². The summed E-state index contributed by atoms with van der Waals surface area (Å²) in [6.07, 6.45) is 9.32. The Morgan fingerprint density at radius 3 is 2.14 bits per heavy atom. The standard InChI is InChI=1S/C17H28O4/c1-10(18-11-6-4-7-12-15(11)19-12)17(2,3)21-14-9-5-8-13-16(14)20-13/h10-16H,4-9H2,1-3H3. The van der Waals surface area contributed by atoms with Gasteiger partial charge in [0.15, 0.2) is 0 Å². The van der Waals surface area contributed by atoms with Crippen LogP contribution in [-0.4, -0.2) is 48.3 Å². The number of rotatable bonds is 5. The molecule has 4 fully saturated rings. The SMILES string of the molecule is CC(OC1CCCC2OC21)C(C)(C)OC1CCCC2OC21. The van der Waals surface area contributed by atoms with Gasteiger partial charge in [0.05, 0.1) is 36.1 Å². The Labute approximate surface area is 127 Å². The van der Waals surface area contributed by atoms with Crippen LogP contribution in [0.4, 0.5) is 0 Å². The Bertz CT molecular complexity index is 396. The maximum absolute atomic E-state index is 6.39. The molecule has 0 aromatic heterocycles. The van der Waals surface area contributed by atoms with Crippen molar-refractivity contribution in [3.05, 3.63) is 0 Å². The van der Waals surface area contributed by atoms with Gasteiger partial charge < -0.3 is 18.9 Å². The highest BCUT2D eigenvalue weighted by molar-refractivity contribution is 4.99. The van der Waals surface area contributed by atoms with Gasteiger partial charge in [-0.3, -0.25) is 0 Å². The largest absolute Gasteiger partial charge is 0.369 e. The third-order valence-electron chi connectivity index (χ3n) is 5.74. The molecule has 120 valence electrons. The molecule has 0 aromatic carbocycles. The number of hydrogen-bond donors (Lipinski definition) is 0. The average molecular weight is 296 g/mol. The zero-order valence-electron chi connectivity index (χ0n) is 13.4. The predicted molar refractivity (Wildman–Crippen MR) is 78.3 cm³/mol. The molecule has 0 spiro atoms. The van der Waals surface area contributed by atoms with E-state index in [1.807, 2.05) is 0 Å². The molecule has 7 unspecified atom stereocenters. The molecular weight excluding hydrogens is 268 g/mol. The molecule has 4 aliphatic rings. The van der Waals surface area contributed by atoms with Crippen molar-refractivity contribution in [2.45, 2.75) is 108 Å². The van der Waals surface area contributed by atoms with Crippen molar-refractivity contribution in [3.63, 3.8) is 0 Å². The van der Waals surface area contributed by atoms with E-state index in [9.17, 15) is 0 Å². The fraction of sp³-hybridized carbons (Fsp3) is 1.00. The number of fused-ring (bicyclic) bond motifs is 2. The Morgan fingerprint density at radius 2 is 1.48 bits per heavy atom. The molecule has 4 heteroatoms. The summed E-state index contributed by atoms with van der Waals surface area (Å²) in [5, 5.41) is 0. The van der Waals surface area contributed by atoms with Gasteiger partial charge in [-0.05, 0) is 59.3 Å². The number of hydrogen-bond acceptors (Lipinski definition) is 4. The summed E-state index contributed by atoms with van der Waals surface area (Å²) >= 11 is 0. The van der Waals surface area contributed by atoms with Crippen LogP contribution in [0.3, 0.4) is 0 Å². The van der Waals surface area contributed by atoms with Crippen molar-refractivity contribution < 1.29 is 18.9 Å². The van der Waals surface area contributed by atoms with Crippen LogP contribution in [-0.2, 0) is 18.9 Å². The summed E-state index contributed by atoms with van der Waals surface area (Å²) in [6.45, 7) is 6.44. The van der Waals surface area contributed by atoms with Gasteiger partial charge in [0.25, 0.3) is 0 Å². The molecule has 21 heavy (non-hydrogen) atoms. The van der Waals surface area contributed by atoms with E-state index in [-0.39, 0.29) is 23.9 Å². The molecule has 2 heterocycles. The van der Waals surface area contributed by atoms with E-state index in [0.29, 0.717) is 24.4 Å². The highest BCUT2D eigenvalue weighted by Gasteiger charge is 2.51. The molecule has 2 saturated carbocycles. The van der Waals surface area contributed by atoms with Crippen LogP contribution in [0.15, 0.2) is 0 Å². The summed E-state index contributed by atoms with van der Waals surface area (Å²) in [5.74, 6) is 0. The van der Waals surface area contributed by atoms with E-state index in [1.54, 1.807) is 0 Å². The lowest BCUT2D eigenvalue weighted by atomic mass is 9.94. The zero-order valence-corrected chi connectivity index (χ0v) is 13.4. The number of epoxide rings is 2. The molecule has 0 aromatic rings. The maximum atomic E-state index is 6.39. The highest BCUT2D eigenvalue weighted by Crippen LogP contribution is 2.42. The van der Waals surface area contributed by atoms with Crippen molar-refractivity contribution in [2.75, 3.05) is 0 Å². The molecule has 0 bridgehead atoms. The lowest BCUT2D eigenvalue weighted by molar-refractivity contribution is -0.174. The van der Waals surface area contributed by atoms with Gasteiger partial charge in [-0.2, -0.15) is 0 Å². The minimum atomic E-state index is -0.277. The first-order chi connectivity index (χ1) is 10.0. The third kappa shape index (κ3) is 2.88. The van der Waals surface area contributed by atoms with Crippen LogP contribution in [0, 0.1) is 0 Å². The van der Waals surface area contributed by atoms with Gasteiger partial charge in [0.1, 0.15) is 12.2 Å². The van der Waals surface area contributed by atoms with Gasteiger partial charge in [-0.1, -0.05) is 0 Å². The van der Waals surface area contributed by atoms with Crippen LogP contribution in [0.1, 0.15) is 59.3 Å². The van der Waals surface area contributed by atoms with Crippen LogP contribution < -0.4 is 0 Å². The first-order valence-corrected chi connectivity index (χ1v) is 8.69. The highest BCUT2D eigenvalue weighted by atomic mass is 16.6. The molecule has 2 aliphatic heterocycles. The van der Waals surface area contributed by atoms with E-state index in [4.69, 9.17) is 18.9 Å². The molecular formula is C17H28O4. The van der Waals surface area contributed by atoms with Crippen molar-refractivity contribution >= 4 is 0 Å². The summed E-state index contributed by atoms with van der Waals surface area (Å²) in [6, 6.07) is 0. The minimum Gasteiger partial charge on any atom is -0.369 e. The number of ether oxygens (including phenoxy) is 4. The second-order valence-corrected chi connectivity index (χ2v) is 7.72. The van der Waals surface area contributed by atoms with Crippen LogP contribution in [0.25, 0.3) is 0 Å². The van der Waals surface area contributed by atoms with Crippen molar-refractivity contribution in [1.29, 1.82) is 0 Å². The molecule has 2 aliphatic carbocycles. The lowest BCUT2D eigenvalue weighted by Gasteiger charge is -2.38. The first-order valence-electron chi connectivity index (χ1n) is 8.69. The van der Waals surface area contributed by atoms with Crippen molar-refractivity contribution in [2.24, 2.45) is 0 Å². The normalized spacial score (nSPS) is 46.4. The lowest BCUT2D eigenvalue weighted by Crippen LogP contribution is -2.46. The molecule has 0 N–H and O–H groups in total. The first kappa shape index (κ1) is 14.4. The van der Waals surface area contributed by atoms with Gasteiger partial charge in [-0.25, -0.2) is 0 Å². The van der Waals surface area contributed by atoms with E-state index >= 15 is 0 Å². The Kier molecular flexibility index (Phi) is 3.57. The molecule has 7 atom stereocenters. The second kappa shape index (κ2) is 5.19. The van der Waals surface area contributed by atoms with Gasteiger partial charge in [0, 0.05) is 0 Å².